The van der Waals surface area contributed by atoms with Gasteiger partial charge >= 0.3 is 0 Å². The van der Waals surface area contributed by atoms with Crippen LogP contribution in [0, 0.1) is 0 Å². The smallest absolute Gasteiger partial charge is 0.157 e. The number of halogens is 1. The van der Waals surface area contributed by atoms with Crippen molar-refractivity contribution in [1.82, 2.24) is 4.90 Å². The summed E-state index contributed by atoms with van der Waals surface area (Å²) in [6.07, 6.45) is 5.80. The average Bonchev–Trinajstić information content (AvgIpc) is 2.43. The first-order valence-electron chi connectivity index (χ1n) is 7.83. The van der Waals surface area contributed by atoms with Crippen LogP contribution in [0.4, 0.5) is 0 Å². The summed E-state index contributed by atoms with van der Waals surface area (Å²) in [6.45, 7) is 8.97. The van der Waals surface area contributed by atoms with Gasteiger partial charge in [-0.25, -0.2) is 0 Å². The fraction of sp³-hybridized carbons (Fsp3) is 0.647. The number of hydrogen-bond acceptors (Lipinski definition) is 3. The number of hydrogen-bond donors (Lipinski definition) is 2. The van der Waals surface area contributed by atoms with Gasteiger partial charge in [-0.3, -0.25) is 0 Å². The van der Waals surface area contributed by atoms with Crippen LogP contribution in [0.25, 0.3) is 0 Å². The third-order valence-corrected chi connectivity index (χ3v) is 3.79. The highest BCUT2D eigenvalue weighted by Crippen LogP contribution is 2.26. The summed E-state index contributed by atoms with van der Waals surface area (Å²) in [6, 6.07) is 5.59. The lowest BCUT2D eigenvalue weighted by Gasteiger charge is -2.29. The van der Waals surface area contributed by atoms with Gasteiger partial charge in [0, 0.05) is 6.04 Å². The molecule has 1 unspecified atom stereocenters. The summed E-state index contributed by atoms with van der Waals surface area (Å²) in [5.41, 5.74) is 1.07. The van der Waals surface area contributed by atoms with E-state index in [-0.39, 0.29) is 28.5 Å². The van der Waals surface area contributed by atoms with Crippen LogP contribution in [0.5, 0.6) is 11.5 Å². The van der Waals surface area contributed by atoms with Gasteiger partial charge in [-0.05, 0) is 57.0 Å². The highest BCUT2D eigenvalue weighted by atomic mass is 79.9. The number of phenols is 2. The molecule has 122 valence electrons. The van der Waals surface area contributed by atoms with Crippen LogP contribution < -0.4 is 0 Å². The van der Waals surface area contributed by atoms with Gasteiger partial charge in [-0.1, -0.05) is 32.8 Å². The molecule has 0 bridgehead atoms. The highest BCUT2D eigenvalue weighted by Gasteiger charge is 2.14. The summed E-state index contributed by atoms with van der Waals surface area (Å²) in [5.74, 6) is -0.0707. The Bertz CT molecular complexity index is 390. The quantitative estimate of drug-likeness (QED) is 0.637. The predicted molar refractivity (Wildman–Crippen MR) is 94.6 cm³/mol. The zero-order valence-electron chi connectivity index (χ0n) is 13.5. The molecule has 21 heavy (non-hydrogen) atoms. The molecule has 0 heterocycles. The molecule has 1 atom stereocenters. The Balaban J connectivity index is 0.00000400. The van der Waals surface area contributed by atoms with E-state index in [4.69, 9.17) is 0 Å². The Kier molecular flexibility index (Phi) is 10.5. The molecule has 4 heteroatoms. The van der Waals surface area contributed by atoms with Crippen molar-refractivity contribution in [3.05, 3.63) is 23.8 Å². The Morgan fingerprint density at radius 1 is 1.00 bits per heavy atom. The first kappa shape index (κ1) is 20.3. The second-order valence-corrected chi connectivity index (χ2v) is 5.62. The second-order valence-electron chi connectivity index (χ2n) is 5.62. The van der Waals surface area contributed by atoms with Gasteiger partial charge in [-0.15, -0.1) is 17.0 Å². The monoisotopic (exact) mass is 359 g/mol. The van der Waals surface area contributed by atoms with Gasteiger partial charge < -0.3 is 15.1 Å². The molecule has 1 rings (SSSR count). The van der Waals surface area contributed by atoms with Crippen LogP contribution in [0.2, 0.25) is 0 Å². The van der Waals surface area contributed by atoms with Crippen LogP contribution in [0.15, 0.2) is 18.2 Å². The van der Waals surface area contributed by atoms with Crippen molar-refractivity contribution in [2.24, 2.45) is 0 Å². The van der Waals surface area contributed by atoms with E-state index in [0.717, 1.165) is 25.1 Å². The van der Waals surface area contributed by atoms with Crippen molar-refractivity contribution in [3.8, 4) is 11.5 Å². The van der Waals surface area contributed by atoms with Crippen molar-refractivity contribution in [3.63, 3.8) is 0 Å². The van der Waals surface area contributed by atoms with Crippen LogP contribution in [-0.2, 0) is 6.42 Å². The maximum atomic E-state index is 9.57. The molecular weight excluding hydrogens is 330 g/mol. The Labute approximate surface area is 139 Å². The van der Waals surface area contributed by atoms with E-state index in [1.165, 1.54) is 25.7 Å². The Hall–Kier alpha value is -0.740. The molecule has 0 aliphatic heterocycles. The normalized spacial score (nSPS) is 12.2. The minimum absolute atomic E-state index is 0. The molecule has 1 aromatic rings. The highest BCUT2D eigenvalue weighted by molar-refractivity contribution is 8.93. The van der Waals surface area contributed by atoms with Gasteiger partial charge in [0.05, 0.1) is 0 Å². The van der Waals surface area contributed by atoms with Crippen molar-refractivity contribution in [1.29, 1.82) is 0 Å². The van der Waals surface area contributed by atoms with Crippen LogP contribution >= 0.6 is 17.0 Å². The van der Waals surface area contributed by atoms with E-state index in [2.05, 4.69) is 25.7 Å². The van der Waals surface area contributed by atoms with Crippen LogP contribution in [0.3, 0.4) is 0 Å². The molecule has 0 aromatic heterocycles. The van der Waals surface area contributed by atoms with Crippen molar-refractivity contribution < 1.29 is 10.2 Å². The predicted octanol–water partition coefficient (Wildman–Crippen LogP) is 4.51. The number of rotatable bonds is 9. The molecule has 0 spiro atoms. The third kappa shape index (κ3) is 7.18. The lowest BCUT2D eigenvalue weighted by Crippen LogP contribution is -2.36. The average molecular weight is 360 g/mol. The molecular formula is C17H30BrNO2. The fourth-order valence-electron chi connectivity index (χ4n) is 2.44. The number of phenolic OH excluding ortho intramolecular Hbond substituents is 2. The van der Waals surface area contributed by atoms with Crippen LogP contribution in [0.1, 0.15) is 52.0 Å². The molecule has 1 aromatic carbocycles. The van der Waals surface area contributed by atoms with Crippen molar-refractivity contribution in [2.45, 2.75) is 58.9 Å². The molecule has 2 N–H and O–H groups in total. The zero-order chi connectivity index (χ0) is 15.0. The number of nitrogens with zero attached hydrogens (tertiary/aromatic N) is 1. The first-order valence-corrected chi connectivity index (χ1v) is 7.83. The number of benzene rings is 1. The zero-order valence-corrected chi connectivity index (χ0v) is 15.2. The standard InChI is InChI=1S/C17H29NO2.BrH/c1-4-6-10-18(11-7-5-2)14(3)12-15-8-9-16(19)17(20)13-15;/h8-9,13-14,19-20H,4-7,10-12H2,1-3H3;1H. The fourth-order valence-corrected chi connectivity index (χ4v) is 2.44. The van der Waals surface area contributed by atoms with Gasteiger partial charge in [-0.2, -0.15) is 0 Å². The van der Waals surface area contributed by atoms with Crippen molar-refractivity contribution in [2.75, 3.05) is 13.1 Å². The molecule has 0 radical (unpaired) electrons. The minimum atomic E-state index is -0.0461. The topological polar surface area (TPSA) is 43.7 Å². The molecule has 0 aliphatic carbocycles. The summed E-state index contributed by atoms with van der Waals surface area (Å²) in [7, 11) is 0. The summed E-state index contributed by atoms with van der Waals surface area (Å²) in [5, 5.41) is 18.9. The Morgan fingerprint density at radius 3 is 2.05 bits per heavy atom. The second kappa shape index (κ2) is 10.9. The van der Waals surface area contributed by atoms with Crippen LogP contribution in [-0.4, -0.2) is 34.2 Å². The van der Waals surface area contributed by atoms with E-state index in [0.29, 0.717) is 6.04 Å². The van der Waals surface area contributed by atoms with Gasteiger partial charge in [0.1, 0.15) is 0 Å². The molecule has 0 saturated carbocycles. The lowest BCUT2D eigenvalue weighted by atomic mass is 10.0. The number of unbranched alkanes of at least 4 members (excludes halogenated alkanes) is 2. The Morgan fingerprint density at radius 2 is 1.57 bits per heavy atom. The van der Waals surface area contributed by atoms with E-state index < -0.39 is 0 Å². The largest absolute Gasteiger partial charge is 0.504 e. The summed E-state index contributed by atoms with van der Waals surface area (Å²) < 4.78 is 0. The lowest BCUT2D eigenvalue weighted by molar-refractivity contribution is 0.201. The van der Waals surface area contributed by atoms with E-state index in [1.807, 2.05) is 6.07 Å². The molecule has 0 saturated heterocycles. The summed E-state index contributed by atoms with van der Waals surface area (Å²) >= 11 is 0. The molecule has 0 aliphatic rings. The van der Waals surface area contributed by atoms with E-state index in [1.54, 1.807) is 12.1 Å². The number of aromatic hydroxyl groups is 2. The SMILES string of the molecule is Br.CCCCN(CCCC)C(C)Cc1ccc(O)c(O)c1. The minimum Gasteiger partial charge on any atom is -0.504 e. The van der Waals surface area contributed by atoms with Gasteiger partial charge in [0.15, 0.2) is 11.5 Å². The molecule has 0 amide bonds. The van der Waals surface area contributed by atoms with E-state index >= 15 is 0 Å². The third-order valence-electron chi connectivity index (χ3n) is 3.79. The maximum Gasteiger partial charge on any atom is 0.157 e. The van der Waals surface area contributed by atoms with Gasteiger partial charge in [0.2, 0.25) is 0 Å². The van der Waals surface area contributed by atoms with Crippen molar-refractivity contribution >= 4 is 17.0 Å². The maximum absolute atomic E-state index is 9.57. The van der Waals surface area contributed by atoms with Gasteiger partial charge in [0.25, 0.3) is 0 Å². The first-order chi connectivity index (χ1) is 9.58. The van der Waals surface area contributed by atoms with E-state index in [9.17, 15) is 10.2 Å². The summed E-state index contributed by atoms with van der Waals surface area (Å²) in [4.78, 5) is 2.54. The molecule has 0 fully saturated rings. The molecule has 3 nitrogen and oxygen atoms in total.